The average Bonchev–Trinajstić information content (AvgIpc) is 2.84. The maximum atomic E-state index is 13.1. The van der Waals surface area contributed by atoms with Gasteiger partial charge in [0.25, 0.3) is 0 Å². The second-order valence-corrected chi connectivity index (χ2v) is 6.15. The van der Waals surface area contributed by atoms with Crippen LogP contribution in [0.25, 0.3) is 0 Å². The van der Waals surface area contributed by atoms with Gasteiger partial charge in [0.1, 0.15) is 5.82 Å². The number of nitrogens with zero attached hydrogens (tertiary/aromatic N) is 4. The Bertz CT molecular complexity index is 878. The van der Waals surface area contributed by atoms with Gasteiger partial charge in [0.05, 0.1) is 23.2 Å². The van der Waals surface area contributed by atoms with Crippen LogP contribution < -0.4 is 5.69 Å². The predicted octanol–water partition coefficient (Wildman–Crippen LogP) is 2.46. The number of ether oxygens (including phenoxy) is 1. The van der Waals surface area contributed by atoms with Crippen molar-refractivity contribution in [2.45, 2.75) is 31.8 Å². The number of aromatic nitrogens is 4. The second-order valence-electron chi connectivity index (χ2n) is 5.71. The maximum Gasteiger partial charge on any atom is 0.507 e. The van der Waals surface area contributed by atoms with Gasteiger partial charge in [-0.2, -0.15) is 18.3 Å². The molecule has 2 atom stereocenters. The first-order valence-corrected chi connectivity index (χ1v) is 7.78. The number of hydrogen-bond acceptors (Lipinski definition) is 5. The molecule has 2 aromatic heterocycles. The zero-order valence-electron chi connectivity index (χ0n) is 13.0. The van der Waals surface area contributed by atoms with E-state index in [0.717, 1.165) is 9.25 Å². The van der Waals surface area contributed by atoms with Crippen LogP contribution in [0.15, 0.2) is 23.1 Å². The minimum atomic E-state index is -4.57. The molecule has 0 aliphatic carbocycles. The molecule has 1 N–H and O–H groups in total. The number of rotatable bonds is 3. The normalized spacial score (nSPS) is 19.8. The Hall–Kier alpha value is -2.56. The lowest BCUT2D eigenvalue weighted by Gasteiger charge is -2.29. The Labute approximate surface area is 148 Å². The minimum absolute atomic E-state index is 0.105. The number of hydrogen-bond donors (Lipinski definition) is 1. The van der Waals surface area contributed by atoms with Crippen LogP contribution >= 0.6 is 11.6 Å². The highest BCUT2D eigenvalue weighted by Crippen LogP contribution is 2.38. The van der Waals surface area contributed by atoms with Crippen molar-refractivity contribution in [2.24, 2.45) is 5.92 Å². The maximum absolute atomic E-state index is 13.1. The standard InChI is InChI=1S/C14H12ClF3N4O4/c15-8-1-2-9(19-5-8)6-21-12(23)22-10(20-21)3-7(14(16,17)18)4-11(22)26-13(24)25/h1-2,5,7,11H,3-4,6H2,(H,24,25). The molecule has 0 spiro atoms. The molecule has 2 unspecified atom stereocenters. The summed E-state index contributed by atoms with van der Waals surface area (Å²) in [6, 6.07) is 3.08. The fraction of sp³-hybridized carbons (Fsp3) is 0.429. The highest BCUT2D eigenvalue weighted by Gasteiger charge is 2.46. The van der Waals surface area contributed by atoms with Gasteiger partial charge < -0.3 is 9.84 Å². The second kappa shape index (κ2) is 6.63. The Morgan fingerprint density at radius 1 is 1.42 bits per heavy atom. The number of alkyl halides is 3. The van der Waals surface area contributed by atoms with Crippen molar-refractivity contribution in [1.82, 2.24) is 19.3 Å². The van der Waals surface area contributed by atoms with Gasteiger partial charge >= 0.3 is 18.0 Å². The summed E-state index contributed by atoms with van der Waals surface area (Å²) in [5.41, 5.74) is -0.362. The van der Waals surface area contributed by atoms with E-state index >= 15 is 0 Å². The third-order valence-electron chi connectivity index (χ3n) is 3.94. The molecule has 12 heteroatoms. The van der Waals surface area contributed by atoms with E-state index in [-0.39, 0.29) is 12.4 Å². The Morgan fingerprint density at radius 2 is 2.15 bits per heavy atom. The van der Waals surface area contributed by atoms with Crippen molar-refractivity contribution < 1.29 is 27.8 Å². The van der Waals surface area contributed by atoms with Gasteiger partial charge in [0.15, 0.2) is 6.23 Å². The van der Waals surface area contributed by atoms with E-state index in [2.05, 4.69) is 14.8 Å². The molecule has 0 fully saturated rings. The molecule has 0 aromatic carbocycles. The SMILES string of the molecule is O=C(O)OC1CC(C(F)(F)F)Cc2nn(Cc3ccc(Cl)cn3)c(=O)n21. The van der Waals surface area contributed by atoms with Crippen LogP contribution in [0.4, 0.5) is 18.0 Å². The van der Waals surface area contributed by atoms with Crippen LogP contribution in [0.3, 0.4) is 0 Å². The monoisotopic (exact) mass is 392 g/mol. The Balaban J connectivity index is 1.97. The number of fused-ring (bicyclic) bond motifs is 1. The van der Waals surface area contributed by atoms with Gasteiger partial charge in [-0.05, 0) is 12.1 Å². The van der Waals surface area contributed by atoms with E-state index in [9.17, 15) is 22.8 Å². The van der Waals surface area contributed by atoms with Crippen LogP contribution in [0.2, 0.25) is 5.02 Å². The lowest BCUT2D eigenvalue weighted by Crippen LogP contribution is -2.39. The fourth-order valence-corrected chi connectivity index (χ4v) is 2.88. The first kappa shape index (κ1) is 18.2. The quantitative estimate of drug-likeness (QED) is 0.805. The largest absolute Gasteiger partial charge is 0.507 e. The lowest BCUT2D eigenvalue weighted by molar-refractivity contribution is -0.191. The highest BCUT2D eigenvalue weighted by molar-refractivity contribution is 6.30. The molecule has 3 rings (SSSR count). The minimum Gasteiger partial charge on any atom is -0.450 e. The Morgan fingerprint density at radius 3 is 2.73 bits per heavy atom. The van der Waals surface area contributed by atoms with Gasteiger partial charge in [-0.3, -0.25) is 4.98 Å². The van der Waals surface area contributed by atoms with Crippen LogP contribution in [-0.2, 0) is 17.7 Å². The van der Waals surface area contributed by atoms with Crippen molar-refractivity contribution in [2.75, 3.05) is 0 Å². The van der Waals surface area contributed by atoms with Crippen molar-refractivity contribution in [3.63, 3.8) is 0 Å². The molecule has 2 aromatic rings. The fourth-order valence-electron chi connectivity index (χ4n) is 2.77. The van der Waals surface area contributed by atoms with E-state index in [4.69, 9.17) is 16.7 Å². The predicted molar refractivity (Wildman–Crippen MR) is 80.8 cm³/mol. The summed E-state index contributed by atoms with van der Waals surface area (Å²) in [5.74, 6) is -2.05. The molecular weight excluding hydrogens is 381 g/mol. The molecular formula is C14H12ClF3N4O4. The molecule has 1 aliphatic rings. The molecule has 0 amide bonds. The zero-order chi connectivity index (χ0) is 19.1. The number of pyridine rings is 1. The molecule has 26 heavy (non-hydrogen) atoms. The summed E-state index contributed by atoms with van der Waals surface area (Å²) in [6.45, 7) is -0.105. The number of carbonyl (C=O) groups is 1. The van der Waals surface area contributed by atoms with Crippen molar-refractivity contribution in [3.8, 4) is 0 Å². The smallest absolute Gasteiger partial charge is 0.450 e. The number of halogens is 4. The molecule has 0 saturated heterocycles. The first-order valence-electron chi connectivity index (χ1n) is 7.40. The molecule has 1 aliphatic heterocycles. The van der Waals surface area contributed by atoms with Crippen LogP contribution in [0, 0.1) is 5.92 Å². The first-order chi connectivity index (χ1) is 12.1. The van der Waals surface area contributed by atoms with E-state index in [1.807, 2.05) is 0 Å². The third-order valence-corrected chi connectivity index (χ3v) is 4.17. The van der Waals surface area contributed by atoms with Crippen molar-refractivity contribution in [3.05, 3.63) is 45.4 Å². The third kappa shape index (κ3) is 3.66. The van der Waals surface area contributed by atoms with Gasteiger partial charge in [-0.15, -0.1) is 0 Å². The van der Waals surface area contributed by atoms with Gasteiger partial charge in [0, 0.05) is 19.0 Å². The van der Waals surface area contributed by atoms with Crippen molar-refractivity contribution >= 4 is 17.8 Å². The summed E-state index contributed by atoms with van der Waals surface area (Å²) < 4.78 is 45.5. The molecule has 140 valence electrons. The summed E-state index contributed by atoms with van der Waals surface area (Å²) in [4.78, 5) is 27.3. The van der Waals surface area contributed by atoms with Gasteiger partial charge in [-0.25, -0.2) is 18.8 Å². The molecule has 3 heterocycles. The topological polar surface area (TPSA) is 99.2 Å². The molecule has 0 radical (unpaired) electrons. The van der Waals surface area contributed by atoms with Gasteiger partial charge in [-0.1, -0.05) is 11.6 Å². The van der Waals surface area contributed by atoms with E-state index in [1.54, 1.807) is 6.07 Å². The summed E-state index contributed by atoms with van der Waals surface area (Å²) in [7, 11) is 0. The van der Waals surface area contributed by atoms with Crippen LogP contribution in [-0.4, -0.2) is 36.8 Å². The van der Waals surface area contributed by atoms with Crippen molar-refractivity contribution in [1.29, 1.82) is 0 Å². The highest BCUT2D eigenvalue weighted by atomic mass is 35.5. The molecule has 0 bridgehead atoms. The van der Waals surface area contributed by atoms with Gasteiger partial charge in [0.2, 0.25) is 0 Å². The Kier molecular flexibility index (Phi) is 4.65. The average molecular weight is 393 g/mol. The van der Waals surface area contributed by atoms with E-state index in [0.29, 0.717) is 10.7 Å². The summed E-state index contributed by atoms with van der Waals surface area (Å²) in [6.07, 6.45) is -7.81. The summed E-state index contributed by atoms with van der Waals surface area (Å²) in [5, 5.41) is 13.1. The van der Waals surface area contributed by atoms with Crippen LogP contribution in [0.1, 0.15) is 24.2 Å². The number of carboxylic acid groups (broad SMARTS) is 1. The zero-order valence-corrected chi connectivity index (χ0v) is 13.7. The lowest BCUT2D eigenvalue weighted by atomic mass is 9.96. The summed E-state index contributed by atoms with van der Waals surface area (Å²) >= 11 is 5.73. The molecule has 8 nitrogen and oxygen atoms in total. The van der Waals surface area contributed by atoms with E-state index in [1.165, 1.54) is 12.3 Å². The van der Waals surface area contributed by atoms with E-state index < -0.39 is 43.0 Å². The van der Waals surface area contributed by atoms with Crippen LogP contribution in [0.5, 0.6) is 0 Å². The molecule has 0 saturated carbocycles.